The Morgan fingerprint density at radius 2 is 0.580 bits per heavy atom. The molecule has 0 aliphatic carbocycles. The summed E-state index contributed by atoms with van der Waals surface area (Å²) >= 11 is 0. The van der Waals surface area contributed by atoms with Crippen molar-refractivity contribution in [3.05, 3.63) is 146 Å². The van der Waals surface area contributed by atoms with Gasteiger partial charge in [-0.15, -0.1) is 0 Å². The fraction of sp³-hybridized carbons (Fsp3) is 0.0556. The van der Waals surface area contributed by atoms with Crippen LogP contribution in [-0.4, -0.2) is 9.32 Å². The Labute approximate surface area is 292 Å². The molecule has 6 aromatic rings. The van der Waals surface area contributed by atoms with Crippen LogP contribution in [0.2, 0.25) is 0 Å². The lowest BCUT2D eigenvalue weighted by Crippen LogP contribution is -2.58. The van der Waals surface area contributed by atoms with E-state index in [2.05, 4.69) is 145 Å². The molecule has 2 N–H and O–H groups in total. The summed E-state index contributed by atoms with van der Waals surface area (Å²) in [5, 5.41) is 9.58. The fourth-order valence-corrected chi connectivity index (χ4v) is 5.06. The Kier molecular flexibility index (Phi) is 13.0. The van der Waals surface area contributed by atoms with E-state index in [-0.39, 0.29) is 0 Å². The third-order valence-corrected chi connectivity index (χ3v) is 7.14. The third kappa shape index (κ3) is 11.9. The first-order chi connectivity index (χ1) is 23.7. The van der Waals surface area contributed by atoms with E-state index in [0.29, 0.717) is 0 Å². The maximum Gasteiger partial charge on any atom is 0.214 e. The van der Waals surface area contributed by atoms with Gasteiger partial charge in [0.1, 0.15) is 14.1 Å². The molecule has 0 spiro atoms. The van der Waals surface area contributed by atoms with Crippen molar-refractivity contribution in [2.75, 3.05) is 0 Å². The van der Waals surface area contributed by atoms with Crippen LogP contribution in [0.4, 0.5) is 11.4 Å². The summed E-state index contributed by atoms with van der Waals surface area (Å²) in [5.41, 5.74) is 10.4. The predicted molar refractivity (Wildman–Crippen MR) is 166 cm³/mol. The van der Waals surface area contributed by atoms with Crippen LogP contribution in [0, 0.1) is 20.5 Å². The van der Waals surface area contributed by atoms with E-state index in [0.717, 1.165) is 56.4 Å². The zero-order valence-corrected chi connectivity index (χ0v) is 28.3. The van der Waals surface area contributed by atoms with Crippen molar-refractivity contribution in [3.63, 3.8) is 0 Å². The first-order valence-corrected chi connectivity index (χ1v) is 17.2. The summed E-state index contributed by atoms with van der Waals surface area (Å²) in [4.78, 5) is 0. The number of pyridine rings is 2. The first kappa shape index (κ1) is 37.9. The van der Waals surface area contributed by atoms with Crippen molar-refractivity contribution in [3.8, 4) is 45.0 Å². The summed E-state index contributed by atoms with van der Waals surface area (Å²) in [5.74, 6) is 0. The molecule has 256 valence electrons. The molecule has 0 bridgehead atoms. The van der Waals surface area contributed by atoms with E-state index in [4.69, 9.17) is 47.5 Å². The quantitative estimate of drug-likeness (QED) is 0.179. The molecule has 0 aliphatic rings. The highest BCUT2D eigenvalue weighted by Gasteiger charge is 2.21. The molecule has 4 aromatic carbocycles. The first-order valence-electron chi connectivity index (χ1n) is 14.7. The topological polar surface area (TPSA) is 211 Å². The highest BCUT2D eigenvalue weighted by molar-refractivity contribution is 5.68. The molecular formula is C36H32Cl2N4O8+2. The lowest BCUT2D eigenvalue weighted by Gasteiger charge is -2.08. The average Bonchev–Trinajstić information content (AvgIpc) is 3.08. The van der Waals surface area contributed by atoms with Gasteiger partial charge < -0.3 is 0 Å². The van der Waals surface area contributed by atoms with Crippen molar-refractivity contribution in [2.45, 2.75) is 0 Å². The smallest absolute Gasteiger partial charge is 0.194 e. The van der Waals surface area contributed by atoms with Gasteiger partial charge in [-0.2, -0.15) is 47.3 Å². The molecule has 0 aliphatic heterocycles. The molecule has 12 nitrogen and oxygen atoms in total. The van der Waals surface area contributed by atoms with Crippen LogP contribution in [0.3, 0.4) is 0 Å². The zero-order chi connectivity index (χ0) is 36.3. The van der Waals surface area contributed by atoms with E-state index in [1.165, 1.54) is 0 Å². The maximum absolute atomic E-state index is 8.60. The van der Waals surface area contributed by atoms with Crippen LogP contribution < -0.4 is 37.1 Å². The Bertz CT molecular complexity index is 1730. The molecule has 50 heavy (non-hydrogen) atoms. The Hall–Kier alpha value is -4.96. The molecule has 2 heterocycles. The number of azo groups is 1. The standard InChI is InChI=1S/C36H30N4.2ClHO4/c1-39-33(27-15-7-3-8-16-27)23-31(24-34(39)28-17-9-4-10-18-28)37-38-32-25-35(29-19-11-5-12-20-29)40(2)36(26-32)30-21-13-6-14-22-30;2*2-1(3,4)5/h3-26H,1-2H3;2*(H,2,3,4,5)/q+2;;. The minimum absolute atomic E-state index is 0.798. The molecular weight excluding hydrogens is 687 g/mol. The van der Waals surface area contributed by atoms with E-state index in [1.807, 2.05) is 24.3 Å². The molecule has 0 fully saturated rings. The number of hydrogen-bond donors (Lipinski definition) is 2. The minimum atomic E-state index is -4.69. The van der Waals surface area contributed by atoms with E-state index in [1.54, 1.807) is 0 Å². The third-order valence-electron chi connectivity index (χ3n) is 7.14. The van der Waals surface area contributed by atoms with Crippen LogP contribution in [0.15, 0.2) is 156 Å². The Morgan fingerprint density at radius 1 is 0.400 bits per heavy atom. The van der Waals surface area contributed by atoms with Crippen LogP contribution in [0.1, 0.15) is 0 Å². The second-order valence-electron chi connectivity index (χ2n) is 10.5. The lowest BCUT2D eigenvalue weighted by molar-refractivity contribution is -1.92. The van der Waals surface area contributed by atoms with Gasteiger partial charge in [-0.25, -0.2) is 0 Å². The lowest BCUT2D eigenvalue weighted by atomic mass is 10.1. The summed E-state index contributed by atoms with van der Waals surface area (Å²) in [6.07, 6.45) is 0. The van der Waals surface area contributed by atoms with Gasteiger partial charge in [-0.05, 0) is 48.5 Å². The van der Waals surface area contributed by atoms with E-state index >= 15 is 0 Å². The van der Waals surface area contributed by atoms with Crippen LogP contribution >= 0.6 is 0 Å². The molecule has 0 atom stereocenters. The van der Waals surface area contributed by atoms with Crippen LogP contribution in [-0.2, 0) is 14.1 Å². The number of rotatable bonds is 6. The van der Waals surface area contributed by atoms with Gasteiger partial charge in [-0.3, -0.25) is 0 Å². The molecule has 14 heteroatoms. The minimum Gasteiger partial charge on any atom is -0.194 e. The van der Waals surface area contributed by atoms with Crippen molar-refractivity contribution in [2.24, 2.45) is 24.3 Å². The molecule has 0 radical (unpaired) electrons. The number of nitrogens with zero attached hydrogens (tertiary/aromatic N) is 4. The molecule has 0 saturated carbocycles. The molecule has 0 saturated heterocycles. The molecule has 6 rings (SSSR count). The van der Waals surface area contributed by atoms with Crippen LogP contribution in [0.5, 0.6) is 0 Å². The van der Waals surface area contributed by atoms with Crippen molar-refractivity contribution in [1.82, 2.24) is 0 Å². The van der Waals surface area contributed by atoms with E-state index < -0.39 is 20.5 Å². The highest BCUT2D eigenvalue weighted by Crippen LogP contribution is 2.31. The average molecular weight is 720 g/mol. The molecule has 0 amide bonds. The van der Waals surface area contributed by atoms with Crippen molar-refractivity contribution >= 4 is 11.4 Å². The predicted octanol–water partition coefficient (Wildman–Crippen LogP) is 0.171. The fourth-order valence-electron chi connectivity index (χ4n) is 5.06. The van der Waals surface area contributed by atoms with Gasteiger partial charge in [0.15, 0.2) is 0 Å². The normalized spacial score (nSPS) is 11.3. The second-order valence-corrected chi connectivity index (χ2v) is 12.1. The summed E-state index contributed by atoms with van der Waals surface area (Å²) < 4.78 is 69.9. The van der Waals surface area contributed by atoms with Gasteiger partial charge in [0, 0.05) is 46.5 Å². The monoisotopic (exact) mass is 718 g/mol. The zero-order valence-electron chi connectivity index (χ0n) is 26.7. The van der Waals surface area contributed by atoms with Gasteiger partial charge >= 0.3 is 0 Å². The van der Waals surface area contributed by atoms with Gasteiger partial charge in [-0.1, -0.05) is 72.8 Å². The maximum atomic E-state index is 8.60. The Balaban J connectivity index is 0.000000496. The van der Waals surface area contributed by atoms with E-state index in [9.17, 15) is 0 Å². The number of aromatic nitrogens is 2. The van der Waals surface area contributed by atoms with Gasteiger partial charge in [0.25, 0.3) is 0 Å². The number of benzene rings is 4. The van der Waals surface area contributed by atoms with Gasteiger partial charge in [0.05, 0.1) is 41.2 Å². The number of hydrogen-bond acceptors (Lipinski definition) is 10. The van der Waals surface area contributed by atoms with Crippen molar-refractivity contribution < 1.29 is 66.9 Å². The highest BCUT2D eigenvalue weighted by atomic mass is 35.7. The largest absolute Gasteiger partial charge is 0.214 e. The molecule has 0 unspecified atom stereocenters. The van der Waals surface area contributed by atoms with Crippen molar-refractivity contribution in [1.29, 1.82) is 0 Å². The number of halogens is 2. The SMILES string of the molecule is C[n+]1c(-c2ccccc2)cc(N=Nc2cc(-c3ccccc3)[n+](C)c(-c3ccccc3)c2)cc1-c1ccccc1.[O-][Cl+3]([O-])([O-])O.[O-][Cl+3]([O-])([O-])O. The summed E-state index contributed by atoms with van der Waals surface area (Å²) in [6, 6.07) is 50.0. The second kappa shape index (κ2) is 17.1. The summed E-state index contributed by atoms with van der Waals surface area (Å²) in [7, 11) is -5.19. The van der Waals surface area contributed by atoms with Gasteiger partial charge in [0.2, 0.25) is 22.8 Å². The summed E-state index contributed by atoms with van der Waals surface area (Å²) in [6.45, 7) is 0. The molecule has 2 aromatic heterocycles. The van der Waals surface area contributed by atoms with Crippen LogP contribution in [0.25, 0.3) is 45.0 Å². The Morgan fingerprint density at radius 3 is 0.760 bits per heavy atom.